The summed E-state index contributed by atoms with van der Waals surface area (Å²) in [5, 5.41) is 7.84. The molecule has 0 radical (unpaired) electrons. The SMILES string of the molecule is COc1ccc(CCNC(=O)Cc2csc(NC(=O)/C=C/c3ccccc3)n2)cc1OC. The number of methoxy groups -OCH3 is 2. The molecule has 0 bridgehead atoms. The highest BCUT2D eigenvalue weighted by Gasteiger charge is 2.10. The molecule has 1 aromatic heterocycles. The lowest BCUT2D eigenvalue weighted by Crippen LogP contribution is -2.27. The van der Waals surface area contributed by atoms with Crippen LogP contribution in [0.15, 0.2) is 60.0 Å². The summed E-state index contributed by atoms with van der Waals surface area (Å²) >= 11 is 1.29. The fraction of sp³-hybridized carbons (Fsp3) is 0.208. The van der Waals surface area contributed by atoms with Crippen LogP contribution in [-0.2, 0) is 22.4 Å². The zero-order chi connectivity index (χ0) is 22.8. The third-order valence-electron chi connectivity index (χ3n) is 4.53. The van der Waals surface area contributed by atoms with Crippen LogP contribution in [0, 0.1) is 0 Å². The highest BCUT2D eigenvalue weighted by molar-refractivity contribution is 7.14. The Hall–Kier alpha value is -3.65. The van der Waals surface area contributed by atoms with E-state index >= 15 is 0 Å². The first-order chi connectivity index (χ1) is 15.6. The van der Waals surface area contributed by atoms with Crippen LogP contribution in [0.25, 0.3) is 6.08 Å². The molecule has 1 heterocycles. The summed E-state index contributed by atoms with van der Waals surface area (Å²) in [5.41, 5.74) is 2.58. The quantitative estimate of drug-likeness (QED) is 0.459. The van der Waals surface area contributed by atoms with Gasteiger partial charge in [0.15, 0.2) is 16.6 Å². The van der Waals surface area contributed by atoms with E-state index in [1.54, 1.807) is 25.7 Å². The van der Waals surface area contributed by atoms with E-state index in [0.717, 1.165) is 11.1 Å². The monoisotopic (exact) mass is 451 g/mol. The van der Waals surface area contributed by atoms with E-state index in [1.165, 1.54) is 17.4 Å². The molecule has 8 heteroatoms. The number of benzene rings is 2. The summed E-state index contributed by atoms with van der Waals surface area (Å²) in [4.78, 5) is 28.6. The zero-order valence-corrected chi connectivity index (χ0v) is 18.8. The van der Waals surface area contributed by atoms with Gasteiger partial charge in [0, 0.05) is 18.0 Å². The molecule has 32 heavy (non-hydrogen) atoms. The van der Waals surface area contributed by atoms with Crippen molar-refractivity contribution in [1.29, 1.82) is 0 Å². The van der Waals surface area contributed by atoms with Crippen molar-refractivity contribution in [1.82, 2.24) is 10.3 Å². The van der Waals surface area contributed by atoms with Crippen LogP contribution < -0.4 is 20.1 Å². The number of anilines is 1. The molecule has 0 aliphatic heterocycles. The predicted molar refractivity (Wildman–Crippen MR) is 126 cm³/mol. The molecular formula is C24H25N3O4S. The summed E-state index contributed by atoms with van der Waals surface area (Å²) < 4.78 is 10.5. The van der Waals surface area contributed by atoms with Gasteiger partial charge in [-0.1, -0.05) is 36.4 Å². The fourth-order valence-corrected chi connectivity index (χ4v) is 3.65. The molecule has 0 atom stereocenters. The molecule has 166 valence electrons. The van der Waals surface area contributed by atoms with Gasteiger partial charge in [0.25, 0.3) is 0 Å². The number of carbonyl (C=O) groups excluding carboxylic acids is 2. The number of carbonyl (C=O) groups is 2. The van der Waals surface area contributed by atoms with Gasteiger partial charge in [0.05, 0.1) is 26.3 Å². The van der Waals surface area contributed by atoms with E-state index in [9.17, 15) is 9.59 Å². The van der Waals surface area contributed by atoms with Crippen molar-refractivity contribution in [2.24, 2.45) is 0 Å². The minimum absolute atomic E-state index is 0.127. The molecule has 3 rings (SSSR count). The summed E-state index contributed by atoms with van der Waals surface area (Å²) in [6, 6.07) is 15.2. The second-order valence-corrected chi connectivity index (χ2v) is 7.70. The number of nitrogens with zero attached hydrogens (tertiary/aromatic N) is 1. The van der Waals surface area contributed by atoms with Gasteiger partial charge < -0.3 is 14.8 Å². The lowest BCUT2D eigenvalue weighted by molar-refractivity contribution is -0.120. The molecule has 0 unspecified atom stereocenters. The van der Waals surface area contributed by atoms with E-state index in [4.69, 9.17) is 9.47 Å². The van der Waals surface area contributed by atoms with Gasteiger partial charge in [0.2, 0.25) is 11.8 Å². The molecule has 0 saturated carbocycles. The smallest absolute Gasteiger partial charge is 0.250 e. The first-order valence-electron chi connectivity index (χ1n) is 10.0. The second-order valence-electron chi connectivity index (χ2n) is 6.84. The molecule has 2 amide bonds. The molecule has 2 N–H and O–H groups in total. The number of thiazole rings is 1. The van der Waals surface area contributed by atoms with Crippen molar-refractivity contribution in [2.75, 3.05) is 26.1 Å². The summed E-state index contributed by atoms with van der Waals surface area (Å²) in [6.07, 6.45) is 4.00. The molecule has 0 spiro atoms. The third-order valence-corrected chi connectivity index (χ3v) is 5.34. The van der Waals surface area contributed by atoms with Crippen LogP contribution in [0.1, 0.15) is 16.8 Å². The van der Waals surface area contributed by atoms with Gasteiger partial charge in [-0.3, -0.25) is 14.9 Å². The maximum atomic E-state index is 12.2. The normalized spacial score (nSPS) is 10.7. The highest BCUT2D eigenvalue weighted by Crippen LogP contribution is 2.27. The standard InChI is InChI=1S/C24H25N3O4S/c1-30-20-10-8-18(14-21(20)31-2)12-13-25-23(29)15-19-16-32-24(26-19)27-22(28)11-9-17-6-4-3-5-7-17/h3-11,14,16H,12-13,15H2,1-2H3,(H,25,29)(H,26,27,28)/b11-9+. The fourth-order valence-electron chi connectivity index (χ4n) is 2.94. The van der Waals surface area contributed by atoms with Crippen LogP contribution in [0.3, 0.4) is 0 Å². The first kappa shape index (κ1) is 23.0. The van der Waals surface area contributed by atoms with Crippen molar-refractivity contribution >= 4 is 34.4 Å². The summed E-state index contributed by atoms with van der Waals surface area (Å²) in [7, 11) is 3.18. The highest BCUT2D eigenvalue weighted by atomic mass is 32.1. The molecule has 0 aliphatic rings. The van der Waals surface area contributed by atoms with Crippen LogP contribution in [0.2, 0.25) is 0 Å². The number of hydrogen-bond donors (Lipinski definition) is 2. The lowest BCUT2D eigenvalue weighted by atomic mass is 10.1. The van der Waals surface area contributed by atoms with Crippen molar-refractivity contribution in [3.8, 4) is 11.5 Å². The minimum Gasteiger partial charge on any atom is -0.493 e. The second kappa shape index (κ2) is 11.7. The van der Waals surface area contributed by atoms with Crippen molar-refractivity contribution in [3.05, 3.63) is 76.8 Å². The largest absolute Gasteiger partial charge is 0.493 e. The molecule has 3 aromatic rings. The Bertz CT molecular complexity index is 1080. The average molecular weight is 452 g/mol. The van der Waals surface area contributed by atoms with Crippen molar-refractivity contribution in [3.63, 3.8) is 0 Å². The Kier molecular flexibility index (Phi) is 8.39. The maximum Gasteiger partial charge on any atom is 0.250 e. The van der Waals surface area contributed by atoms with Crippen molar-refractivity contribution < 1.29 is 19.1 Å². The van der Waals surface area contributed by atoms with E-state index in [-0.39, 0.29) is 18.2 Å². The van der Waals surface area contributed by atoms with Gasteiger partial charge in [-0.15, -0.1) is 11.3 Å². The molecule has 2 aromatic carbocycles. The van der Waals surface area contributed by atoms with Gasteiger partial charge in [0.1, 0.15) is 0 Å². The first-order valence-corrected chi connectivity index (χ1v) is 10.9. The van der Waals surface area contributed by atoms with Crippen LogP contribution in [-0.4, -0.2) is 37.6 Å². The lowest BCUT2D eigenvalue weighted by Gasteiger charge is -2.10. The van der Waals surface area contributed by atoms with Gasteiger partial charge >= 0.3 is 0 Å². The Labute approximate surface area is 191 Å². The number of aromatic nitrogens is 1. The number of hydrogen-bond acceptors (Lipinski definition) is 6. The molecule has 0 aliphatic carbocycles. The molecule has 0 fully saturated rings. The third kappa shape index (κ3) is 6.95. The topological polar surface area (TPSA) is 89.6 Å². The molecular weight excluding hydrogens is 426 g/mol. The summed E-state index contributed by atoms with van der Waals surface area (Å²) in [6.45, 7) is 0.492. The van der Waals surface area contributed by atoms with Gasteiger partial charge in [-0.25, -0.2) is 4.98 Å². The Morgan fingerprint density at radius 2 is 1.84 bits per heavy atom. The number of amides is 2. The van der Waals surface area contributed by atoms with Crippen LogP contribution in [0.5, 0.6) is 11.5 Å². The number of rotatable bonds is 10. The Balaban J connectivity index is 1.43. The van der Waals surface area contributed by atoms with Crippen LogP contribution >= 0.6 is 11.3 Å². The van der Waals surface area contributed by atoms with E-state index < -0.39 is 0 Å². The Morgan fingerprint density at radius 3 is 2.59 bits per heavy atom. The van der Waals surface area contributed by atoms with E-state index in [1.807, 2.05) is 48.5 Å². The molecule has 7 nitrogen and oxygen atoms in total. The van der Waals surface area contributed by atoms with Gasteiger partial charge in [-0.2, -0.15) is 0 Å². The average Bonchev–Trinajstić information content (AvgIpc) is 3.24. The zero-order valence-electron chi connectivity index (χ0n) is 18.0. The van der Waals surface area contributed by atoms with Crippen molar-refractivity contribution in [2.45, 2.75) is 12.8 Å². The van der Waals surface area contributed by atoms with Crippen LogP contribution in [0.4, 0.5) is 5.13 Å². The van der Waals surface area contributed by atoms with E-state index in [2.05, 4.69) is 15.6 Å². The maximum absolute atomic E-state index is 12.2. The summed E-state index contributed by atoms with van der Waals surface area (Å²) in [5.74, 6) is 0.931. The number of ether oxygens (including phenoxy) is 2. The Morgan fingerprint density at radius 1 is 1.06 bits per heavy atom. The van der Waals surface area contributed by atoms with Gasteiger partial charge in [-0.05, 0) is 35.8 Å². The molecule has 0 saturated heterocycles. The predicted octanol–water partition coefficient (Wildman–Crippen LogP) is 3.71. The number of nitrogens with one attached hydrogen (secondary N) is 2. The van der Waals surface area contributed by atoms with E-state index in [0.29, 0.717) is 35.3 Å². The minimum atomic E-state index is -0.269.